The summed E-state index contributed by atoms with van der Waals surface area (Å²) in [5.41, 5.74) is -0.676. The minimum Gasteiger partial charge on any atom is -0.482 e. The van der Waals surface area contributed by atoms with E-state index in [4.69, 9.17) is 4.74 Å². The average Bonchev–Trinajstić information content (AvgIpc) is 2.61. The van der Waals surface area contributed by atoms with Gasteiger partial charge in [-0.15, -0.1) is 0 Å². The van der Waals surface area contributed by atoms with Crippen LogP contribution in [0.3, 0.4) is 0 Å². The molecular formula is C11H12N2O4. The lowest BCUT2D eigenvalue weighted by Gasteiger charge is -2.09. The molecule has 1 aliphatic heterocycles. The Morgan fingerprint density at radius 1 is 1.24 bits per heavy atom. The fourth-order valence-corrected chi connectivity index (χ4v) is 1.65. The number of rotatable bonds is 1. The van der Waals surface area contributed by atoms with Crippen molar-refractivity contribution < 1.29 is 9.53 Å². The topological polar surface area (TPSA) is 70.3 Å². The van der Waals surface area contributed by atoms with Crippen LogP contribution in [0.15, 0.2) is 21.9 Å². The van der Waals surface area contributed by atoms with Gasteiger partial charge in [0.25, 0.3) is 5.56 Å². The van der Waals surface area contributed by atoms with Crippen molar-refractivity contribution >= 4 is 11.5 Å². The Bertz CT molecular complexity index is 636. The third-order valence-corrected chi connectivity index (χ3v) is 2.69. The molecule has 0 aliphatic carbocycles. The number of nitrogens with zero attached hydrogens (tertiary/aromatic N) is 2. The highest BCUT2D eigenvalue weighted by Crippen LogP contribution is 2.20. The number of ketones is 1. The molecule has 1 atom stereocenters. The van der Waals surface area contributed by atoms with Crippen molar-refractivity contribution in [1.82, 2.24) is 9.13 Å². The Morgan fingerprint density at radius 3 is 2.41 bits per heavy atom. The van der Waals surface area contributed by atoms with Crippen LogP contribution in [0.5, 0.6) is 0 Å². The van der Waals surface area contributed by atoms with E-state index in [1.165, 1.54) is 30.9 Å². The normalized spacial score (nSPS) is 19.1. The largest absolute Gasteiger partial charge is 0.482 e. The van der Waals surface area contributed by atoms with Gasteiger partial charge in [-0.3, -0.25) is 14.2 Å². The highest BCUT2D eigenvalue weighted by Gasteiger charge is 2.25. The maximum absolute atomic E-state index is 11.9. The zero-order valence-electron chi connectivity index (χ0n) is 9.76. The van der Waals surface area contributed by atoms with Gasteiger partial charge in [-0.25, -0.2) is 4.79 Å². The van der Waals surface area contributed by atoms with Gasteiger partial charge in [-0.2, -0.15) is 0 Å². The summed E-state index contributed by atoms with van der Waals surface area (Å²) in [6.45, 7) is 1.61. The van der Waals surface area contributed by atoms with Gasteiger partial charge in [0, 0.05) is 26.4 Å². The number of aryl methyl sites for hydroxylation is 1. The first kappa shape index (κ1) is 11.4. The van der Waals surface area contributed by atoms with Crippen LogP contribution in [0.1, 0.15) is 12.5 Å². The van der Waals surface area contributed by atoms with Gasteiger partial charge < -0.3 is 9.30 Å². The highest BCUT2D eigenvalue weighted by atomic mass is 16.5. The lowest BCUT2D eigenvalue weighted by atomic mass is 10.2. The van der Waals surface area contributed by atoms with Crippen molar-refractivity contribution in [2.45, 2.75) is 13.0 Å². The summed E-state index contributed by atoms with van der Waals surface area (Å²) in [7, 11) is 2.92. The van der Waals surface area contributed by atoms with E-state index in [0.29, 0.717) is 0 Å². The molecule has 2 rings (SSSR count). The van der Waals surface area contributed by atoms with Gasteiger partial charge in [-0.1, -0.05) is 0 Å². The maximum atomic E-state index is 11.9. The average molecular weight is 236 g/mol. The number of hydrogen-bond acceptors (Lipinski definition) is 4. The summed E-state index contributed by atoms with van der Waals surface area (Å²) in [6, 6.07) is 0. The zero-order valence-corrected chi connectivity index (χ0v) is 9.76. The van der Waals surface area contributed by atoms with Crippen molar-refractivity contribution in [2.75, 3.05) is 0 Å². The van der Waals surface area contributed by atoms with Crippen molar-refractivity contribution in [1.29, 1.82) is 0 Å². The molecule has 2 heterocycles. The second-order valence-corrected chi connectivity index (χ2v) is 3.97. The third kappa shape index (κ3) is 1.71. The van der Waals surface area contributed by atoms with Gasteiger partial charge in [0.1, 0.15) is 5.76 Å². The van der Waals surface area contributed by atoms with Gasteiger partial charge in [0.15, 0.2) is 11.9 Å². The summed E-state index contributed by atoms with van der Waals surface area (Å²) in [6.07, 6.45) is 2.08. The van der Waals surface area contributed by atoms with Gasteiger partial charge in [0.2, 0.25) is 0 Å². The van der Waals surface area contributed by atoms with E-state index in [-0.39, 0.29) is 17.1 Å². The van der Waals surface area contributed by atoms with Crippen molar-refractivity contribution in [3.8, 4) is 0 Å². The molecular weight excluding hydrogens is 224 g/mol. The smallest absolute Gasteiger partial charge is 0.330 e. The van der Waals surface area contributed by atoms with E-state index in [0.717, 1.165) is 4.57 Å². The Hall–Kier alpha value is -2.11. The van der Waals surface area contributed by atoms with Crippen LogP contribution >= 0.6 is 0 Å². The summed E-state index contributed by atoms with van der Waals surface area (Å²) >= 11 is 0. The minimum absolute atomic E-state index is 0.184. The molecule has 1 aromatic heterocycles. The maximum Gasteiger partial charge on any atom is 0.330 e. The van der Waals surface area contributed by atoms with Gasteiger partial charge in [-0.05, 0) is 6.92 Å². The van der Waals surface area contributed by atoms with Crippen LogP contribution in [0.25, 0.3) is 5.76 Å². The number of carbonyl (C=O) groups excluding carboxylic acids is 1. The summed E-state index contributed by atoms with van der Waals surface area (Å²) in [4.78, 5) is 34.7. The number of hydrogen-bond donors (Lipinski definition) is 0. The van der Waals surface area contributed by atoms with E-state index >= 15 is 0 Å². The molecule has 1 aliphatic rings. The third-order valence-electron chi connectivity index (χ3n) is 2.69. The molecule has 6 nitrogen and oxygen atoms in total. The van der Waals surface area contributed by atoms with E-state index in [9.17, 15) is 14.4 Å². The predicted octanol–water partition coefficient (Wildman–Crippen LogP) is -0.587. The van der Waals surface area contributed by atoms with Crippen LogP contribution in [0.2, 0.25) is 0 Å². The van der Waals surface area contributed by atoms with Crippen LogP contribution in [-0.2, 0) is 23.6 Å². The second kappa shape index (κ2) is 3.73. The fraction of sp³-hybridized carbons (Fsp3) is 0.364. The first-order valence-electron chi connectivity index (χ1n) is 5.11. The van der Waals surface area contributed by atoms with E-state index in [2.05, 4.69) is 0 Å². The summed E-state index contributed by atoms with van der Waals surface area (Å²) in [5.74, 6) is 0.0367. The molecule has 0 fully saturated rings. The lowest BCUT2D eigenvalue weighted by Crippen LogP contribution is -2.38. The van der Waals surface area contributed by atoms with Crippen LogP contribution in [0, 0.1) is 0 Å². The Balaban J connectivity index is 2.63. The first-order chi connectivity index (χ1) is 7.91. The second-order valence-electron chi connectivity index (χ2n) is 3.97. The predicted molar refractivity (Wildman–Crippen MR) is 60.5 cm³/mol. The summed E-state index contributed by atoms with van der Waals surface area (Å²) in [5, 5.41) is 0. The van der Waals surface area contributed by atoms with E-state index in [1.807, 2.05) is 0 Å². The molecule has 0 radical (unpaired) electrons. The monoisotopic (exact) mass is 236 g/mol. The molecule has 17 heavy (non-hydrogen) atoms. The molecule has 1 unspecified atom stereocenters. The van der Waals surface area contributed by atoms with Crippen molar-refractivity contribution in [2.24, 2.45) is 14.1 Å². The van der Waals surface area contributed by atoms with Crippen LogP contribution in [-0.4, -0.2) is 21.0 Å². The molecule has 0 aromatic carbocycles. The van der Waals surface area contributed by atoms with Crippen LogP contribution in [0.4, 0.5) is 0 Å². The quantitative estimate of drug-likeness (QED) is 0.653. The Morgan fingerprint density at radius 2 is 1.88 bits per heavy atom. The molecule has 0 saturated carbocycles. The van der Waals surface area contributed by atoms with E-state index in [1.54, 1.807) is 6.92 Å². The molecule has 0 saturated heterocycles. The lowest BCUT2D eigenvalue weighted by molar-refractivity contribution is -0.119. The van der Waals surface area contributed by atoms with E-state index < -0.39 is 17.4 Å². The van der Waals surface area contributed by atoms with Crippen molar-refractivity contribution in [3.05, 3.63) is 38.7 Å². The molecule has 0 amide bonds. The number of aromatic nitrogens is 2. The van der Waals surface area contributed by atoms with Crippen molar-refractivity contribution in [3.63, 3.8) is 0 Å². The molecule has 0 spiro atoms. The standard InChI is InChI=1S/C11H12N2O4/c1-6-8(14)4-9(17-6)7-5-12(2)11(16)13(3)10(7)15/h4-6H,1-3H3. The minimum atomic E-state index is -0.577. The van der Waals surface area contributed by atoms with Gasteiger partial charge >= 0.3 is 5.69 Å². The number of ether oxygens (including phenoxy) is 1. The molecule has 0 bridgehead atoms. The van der Waals surface area contributed by atoms with Crippen LogP contribution < -0.4 is 11.2 Å². The number of carbonyl (C=O) groups is 1. The highest BCUT2D eigenvalue weighted by molar-refractivity contribution is 6.01. The zero-order chi connectivity index (χ0) is 12.7. The Labute approximate surface area is 96.7 Å². The SMILES string of the molecule is CC1OC(c2cn(C)c(=O)n(C)c2=O)=CC1=O. The molecule has 1 aromatic rings. The molecule has 0 N–H and O–H groups in total. The molecule has 6 heteroatoms. The summed E-state index contributed by atoms with van der Waals surface area (Å²) < 4.78 is 7.52. The fourth-order valence-electron chi connectivity index (χ4n) is 1.65. The molecule has 90 valence electrons. The first-order valence-corrected chi connectivity index (χ1v) is 5.11. The van der Waals surface area contributed by atoms with Gasteiger partial charge in [0.05, 0.1) is 5.56 Å². The Kier molecular flexibility index (Phi) is 2.49.